The molecule has 5 heteroatoms. The van der Waals surface area contributed by atoms with Gasteiger partial charge >= 0.3 is 11.9 Å². The predicted molar refractivity (Wildman–Crippen MR) is 68.0 cm³/mol. The zero-order valence-corrected chi connectivity index (χ0v) is 10.6. The van der Waals surface area contributed by atoms with E-state index in [1.807, 2.05) is 30.3 Å². The number of carbonyl (C=O) groups is 2. The second-order valence-corrected chi connectivity index (χ2v) is 4.16. The van der Waals surface area contributed by atoms with Crippen molar-refractivity contribution in [3.63, 3.8) is 0 Å². The Morgan fingerprint density at radius 2 is 2.16 bits per heavy atom. The third-order valence-electron chi connectivity index (χ3n) is 2.81. The van der Waals surface area contributed by atoms with Gasteiger partial charge in [0.15, 0.2) is 0 Å². The van der Waals surface area contributed by atoms with Gasteiger partial charge in [-0.05, 0) is 5.56 Å². The van der Waals surface area contributed by atoms with Crippen LogP contribution >= 0.6 is 0 Å². The van der Waals surface area contributed by atoms with Gasteiger partial charge in [-0.3, -0.25) is 4.79 Å². The van der Waals surface area contributed by atoms with E-state index in [1.54, 1.807) is 0 Å². The number of ether oxygens (including phenoxy) is 2. The first-order valence-corrected chi connectivity index (χ1v) is 5.94. The molecule has 19 heavy (non-hydrogen) atoms. The van der Waals surface area contributed by atoms with Gasteiger partial charge in [-0.1, -0.05) is 30.3 Å². The fourth-order valence-corrected chi connectivity index (χ4v) is 1.85. The quantitative estimate of drug-likeness (QED) is 0.831. The Kier molecular flexibility index (Phi) is 4.18. The minimum absolute atomic E-state index is 0.0228. The minimum Gasteiger partial charge on any atom is -0.469 e. The Labute approximate surface area is 111 Å². The summed E-state index contributed by atoms with van der Waals surface area (Å²) in [5.41, 5.74) is 1.50. The standard InChI is InChI=1S/C14H15NO4/c1-18-13(16)7-11-8-14(17)19-9-12(15-11)10-5-3-2-4-6-10/h2-6,8,12,15H,7,9H2,1H3/t12-/m0/s1. The van der Waals surface area contributed by atoms with Crippen LogP contribution in [0.1, 0.15) is 18.0 Å². The molecule has 1 aromatic rings. The van der Waals surface area contributed by atoms with Crippen molar-refractivity contribution in [2.75, 3.05) is 13.7 Å². The summed E-state index contributed by atoms with van der Waals surface area (Å²) in [5.74, 6) is -0.856. The fraction of sp³-hybridized carbons (Fsp3) is 0.286. The number of cyclic esters (lactones) is 1. The Bertz CT molecular complexity index is 495. The van der Waals surface area contributed by atoms with Gasteiger partial charge in [0.05, 0.1) is 19.6 Å². The van der Waals surface area contributed by atoms with Gasteiger partial charge in [0, 0.05) is 11.8 Å². The molecule has 2 rings (SSSR count). The Morgan fingerprint density at radius 1 is 1.42 bits per heavy atom. The van der Waals surface area contributed by atoms with Gasteiger partial charge in [-0.2, -0.15) is 0 Å². The normalized spacial score (nSPS) is 18.7. The molecule has 0 fully saturated rings. The summed E-state index contributed by atoms with van der Waals surface area (Å²) in [7, 11) is 1.31. The lowest BCUT2D eigenvalue weighted by Crippen LogP contribution is -2.24. The SMILES string of the molecule is COC(=O)CC1=CC(=O)OC[C@@H](c2ccccc2)N1. The van der Waals surface area contributed by atoms with E-state index in [0.717, 1.165) is 5.56 Å². The van der Waals surface area contributed by atoms with E-state index in [1.165, 1.54) is 13.2 Å². The summed E-state index contributed by atoms with van der Waals surface area (Å²) in [6.07, 6.45) is 1.31. The van der Waals surface area contributed by atoms with Crippen molar-refractivity contribution < 1.29 is 19.1 Å². The van der Waals surface area contributed by atoms with Crippen molar-refractivity contribution in [1.29, 1.82) is 0 Å². The van der Waals surface area contributed by atoms with Crippen molar-refractivity contribution >= 4 is 11.9 Å². The summed E-state index contributed by atoms with van der Waals surface area (Å²) in [6.45, 7) is 0.226. The Balaban J connectivity index is 2.15. The highest BCUT2D eigenvalue weighted by Gasteiger charge is 2.20. The van der Waals surface area contributed by atoms with Crippen LogP contribution in [-0.2, 0) is 19.1 Å². The van der Waals surface area contributed by atoms with Crippen LogP contribution in [0.3, 0.4) is 0 Å². The van der Waals surface area contributed by atoms with Crippen LogP contribution in [0, 0.1) is 0 Å². The molecule has 5 nitrogen and oxygen atoms in total. The highest BCUT2D eigenvalue weighted by atomic mass is 16.5. The van der Waals surface area contributed by atoms with Gasteiger partial charge < -0.3 is 14.8 Å². The lowest BCUT2D eigenvalue weighted by molar-refractivity contribution is -0.140. The third kappa shape index (κ3) is 3.58. The van der Waals surface area contributed by atoms with Gasteiger partial charge in [-0.25, -0.2) is 4.79 Å². The summed E-state index contributed by atoms with van der Waals surface area (Å²) in [4.78, 5) is 22.7. The van der Waals surface area contributed by atoms with Crippen molar-refractivity contribution in [2.24, 2.45) is 0 Å². The van der Waals surface area contributed by atoms with E-state index in [-0.39, 0.29) is 19.1 Å². The van der Waals surface area contributed by atoms with E-state index in [4.69, 9.17) is 4.74 Å². The summed E-state index contributed by atoms with van der Waals surface area (Å²) in [6, 6.07) is 9.45. The van der Waals surface area contributed by atoms with Crippen molar-refractivity contribution in [2.45, 2.75) is 12.5 Å². The molecule has 0 saturated carbocycles. The van der Waals surface area contributed by atoms with Crippen LogP contribution in [0.25, 0.3) is 0 Å². The lowest BCUT2D eigenvalue weighted by Gasteiger charge is -2.18. The molecule has 1 aromatic carbocycles. The predicted octanol–water partition coefficient (Wildman–Crippen LogP) is 1.32. The molecule has 1 heterocycles. The molecule has 1 atom stereocenters. The monoisotopic (exact) mass is 261 g/mol. The average molecular weight is 261 g/mol. The van der Waals surface area contributed by atoms with Crippen LogP contribution in [0.2, 0.25) is 0 Å². The van der Waals surface area contributed by atoms with Crippen LogP contribution in [0.15, 0.2) is 42.1 Å². The molecule has 0 aliphatic carbocycles. The minimum atomic E-state index is -0.454. The van der Waals surface area contributed by atoms with Crippen LogP contribution in [0.4, 0.5) is 0 Å². The van der Waals surface area contributed by atoms with Crippen LogP contribution in [0.5, 0.6) is 0 Å². The average Bonchev–Trinajstić information content (AvgIpc) is 2.61. The third-order valence-corrected chi connectivity index (χ3v) is 2.81. The number of methoxy groups -OCH3 is 1. The van der Waals surface area contributed by atoms with Crippen LogP contribution < -0.4 is 5.32 Å². The second kappa shape index (κ2) is 6.04. The van der Waals surface area contributed by atoms with E-state index >= 15 is 0 Å². The number of benzene rings is 1. The van der Waals surface area contributed by atoms with E-state index in [2.05, 4.69) is 10.1 Å². The van der Waals surface area contributed by atoms with Gasteiger partial charge in [0.2, 0.25) is 0 Å². The first-order chi connectivity index (χ1) is 9.19. The van der Waals surface area contributed by atoms with Gasteiger partial charge in [-0.15, -0.1) is 0 Å². The zero-order chi connectivity index (χ0) is 13.7. The second-order valence-electron chi connectivity index (χ2n) is 4.16. The first kappa shape index (κ1) is 13.1. The molecule has 0 unspecified atom stereocenters. The molecule has 100 valence electrons. The zero-order valence-electron chi connectivity index (χ0n) is 10.6. The number of hydrogen-bond acceptors (Lipinski definition) is 5. The highest BCUT2D eigenvalue weighted by molar-refractivity contribution is 5.84. The Hall–Kier alpha value is -2.30. The van der Waals surface area contributed by atoms with Crippen LogP contribution in [-0.4, -0.2) is 25.7 Å². The number of esters is 2. The van der Waals surface area contributed by atoms with Crippen molar-refractivity contribution in [1.82, 2.24) is 5.32 Å². The maximum absolute atomic E-state index is 11.4. The largest absolute Gasteiger partial charge is 0.469 e. The summed E-state index contributed by atoms with van der Waals surface area (Å²) >= 11 is 0. The van der Waals surface area contributed by atoms with Crippen molar-refractivity contribution in [3.8, 4) is 0 Å². The summed E-state index contributed by atoms with van der Waals surface area (Å²) in [5, 5.41) is 3.14. The Morgan fingerprint density at radius 3 is 2.84 bits per heavy atom. The van der Waals surface area contributed by atoms with E-state index in [9.17, 15) is 9.59 Å². The topological polar surface area (TPSA) is 64.6 Å². The molecule has 1 N–H and O–H groups in total. The smallest absolute Gasteiger partial charge is 0.332 e. The van der Waals surface area contributed by atoms with E-state index in [0.29, 0.717) is 5.70 Å². The molecule has 0 amide bonds. The molecule has 0 radical (unpaired) electrons. The first-order valence-electron chi connectivity index (χ1n) is 5.94. The molecule has 0 aromatic heterocycles. The molecule has 1 aliphatic rings. The fourth-order valence-electron chi connectivity index (χ4n) is 1.85. The molecular formula is C14H15NO4. The maximum atomic E-state index is 11.4. The van der Waals surface area contributed by atoms with E-state index < -0.39 is 11.9 Å². The van der Waals surface area contributed by atoms with Crippen molar-refractivity contribution in [3.05, 3.63) is 47.7 Å². The maximum Gasteiger partial charge on any atom is 0.332 e. The number of nitrogens with one attached hydrogen (secondary N) is 1. The lowest BCUT2D eigenvalue weighted by atomic mass is 10.1. The molecule has 1 aliphatic heterocycles. The van der Waals surface area contributed by atoms with Gasteiger partial charge in [0.1, 0.15) is 6.61 Å². The number of rotatable bonds is 3. The number of carbonyl (C=O) groups excluding carboxylic acids is 2. The highest BCUT2D eigenvalue weighted by Crippen LogP contribution is 2.18. The van der Waals surface area contributed by atoms with Gasteiger partial charge in [0.25, 0.3) is 0 Å². The number of hydrogen-bond donors (Lipinski definition) is 1. The molecule has 0 spiro atoms. The molecule has 0 saturated heterocycles. The molecule has 0 bridgehead atoms. The summed E-state index contributed by atoms with van der Waals surface area (Å²) < 4.78 is 9.68. The molecular weight excluding hydrogens is 246 g/mol.